The van der Waals surface area contributed by atoms with Crippen LogP contribution in [0.5, 0.6) is 17.2 Å². The first kappa shape index (κ1) is 37.2. The van der Waals surface area contributed by atoms with Crippen molar-refractivity contribution in [2.45, 2.75) is 96.4 Å². The fourth-order valence-electron chi connectivity index (χ4n) is 5.79. The number of hydrogen-bond donors (Lipinski definition) is 0. The topological polar surface area (TPSA) is 27.7 Å². The lowest BCUT2D eigenvalue weighted by molar-refractivity contribution is -0.223. The molecule has 1 saturated carbocycles. The number of alkyl halides is 4. The molecule has 0 bridgehead atoms. The van der Waals surface area contributed by atoms with E-state index in [1.165, 1.54) is 19.3 Å². The Bertz CT molecular complexity index is 1480. The Morgan fingerprint density at radius 3 is 1.79 bits per heavy atom. The third kappa shape index (κ3) is 9.72. The Morgan fingerprint density at radius 1 is 0.625 bits per heavy atom. The largest absolute Gasteiger partial charge is 0.488 e. The van der Waals surface area contributed by atoms with Crippen molar-refractivity contribution >= 4 is 0 Å². The van der Waals surface area contributed by atoms with Crippen LogP contribution in [-0.2, 0) is 12.7 Å². The highest BCUT2D eigenvalue weighted by Crippen LogP contribution is 2.42. The molecule has 264 valence electrons. The van der Waals surface area contributed by atoms with Crippen molar-refractivity contribution in [3.8, 4) is 17.2 Å². The van der Waals surface area contributed by atoms with Gasteiger partial charge in [-0.25, -0.2) is 26.3 Å². The number of unbranched alkanes of at least 4 members (excludes halogenated alkanes) is 5. The monoisotopic (exact) mass is 694 g/mol. The molecule has 3 aromatic rings. The highest BCUT2D eigenvalue weighted by molar-refractivity contribution is 5.34. The van der Waals surface area contributed by atoms with Gasteiger partial charge in [0.2, 0.25) is 0 Å². The number of ether oxygens (including phenoxy) is 3. The lowest BCUT2D eigenvalue weighted by atomic mass is 9.79. The Balaban J connectivity index is 1.33. The molecular weight excluding hydrogens is 658 g/mol. The Hall–Kier alpha value is -3.64. The average Bonchev–Trinajstić information content (AvgIpc) is 3.01. The predicted octanol–water partition coefficient (Wildman–Crippen LogP) is 11.8. The van der Waals surface area contributed by atoms with Gasteiger partial charge in [-0.2, -0.15) is 17.6 Å². The molecule has 13 heteroatoms. The second-order valence-electron chi connectivity index (χ2n) is 12.1. The highest BCUT2D eigenvalue weighted by atomic mass is 19.3. The summed E-state index contributed by atoms with van der Waals surface area (Å²) in [6.45, 7) is 1.17. The van der Waals surface area contributed by atoms with E-state index < -0.39 is 88.0 Å². The van der Waals surface area contributed by atoms with Crippen LogP contribution in [0.4, 0.5) is 43.9 Å². The Morgan fingerprint density at radius 2 is 1.19 bits per heavy atom. The van der Waals surface area contributed by atoms with Crippen molar-refractivity contribution < 1.29 is 58.1 Å². The van der Waals surface area contributed by atoms with E-state index in [2.05, 4.69) is 11.7 Å². The van der Waals surface area contributed by atoms with Gasteiger partial charge in [0.1, 0.15) is 46.9 Å². The summed E-state index contributed by atoms with van der Waals surface area (Å²) in [7, 11) is 0. The molecule has 1 aliphatic carbocycles. The van der Waals surface area contributed by atoms with Gasteiger partial charge >= 0.3 is 12.2 Å². The van der Waals surface area contributed by atoms with Crippen LogP contribution < -0.4 is 14.2 Å². The maximum atomic E-state index is 15.0. The van der Waals surface area contributed by atoms with Gasteiger partial charge in [0.25, 0.3) is 0 Å². The SMILES string of the molecule is CCCCCCCCC1CCC(C(F)(F)Oc2ccc(C(F)(F)Oc3cc(F)c(COc4cc(F)c(F)c(F)c4)c(F)c3)c(F)c2)CC1. The lowest BCUT2D eigenvalue weighted by Crippen LogP contribution is -2.37. The molecule has 0 amide bonds. The predicted molar refractivity (Wildman–Crippen MR) is 157 cm³/mol. The van der Waals surface area contributed by atoms with Crippen LogP contribution in [0.2, 0.25) is 0 Å². The highest BCUT2D eigenvalue weighted by Gasteiger charge is 2.44. The number of benzene rings is 3. The molecule has 48 heavy (non-hydrogen) atoms. The van der Waals surface area contributed by atoms with Gasteiger partial charge in [0.05, 0.1) is 11.5 Å². The summed E-state index contributed by atoms with van der Waals surface area (Å²) in [4.78, 5) is 0. The van der Waals surface area contributed by atoms with Crippen molar-refractivity contribution in [3.05, 3.63) is 88.5 Å². The van der Waals surface area contributed by atoms with E-state index in [1.54, 1.807) is 0 Å². The molecule has 1 fully saturated rings. The molecule has 0 saturated heterocycles. The van der Waals surface area contributed by atoms with Crippen molar-refractivity contribution in [2.24, 2.45) is 11.8 Å². The molecule has 0 aliphatic heterocycles. The third-order valence-corrected chi connectivity index (χ3v) is 8.50. The van der Waals surface area contributed by atoms with Gasteiger partial charge in [-0.1, -0.05) is 51.9 Å². The molecule has 0 aromatic heterocycles. The first-order valence-corrected chi connectivity index (χ1v) is 15.9. The molecule has 0 N–H and O–H groups in total. The van der Waals surface area contributed by atoms with Crippen molar-refractivity contribution in [1.82, 2.24) is 0 Å². The van der Waals surface area contributed by atoms with E-state index in [4.69, 9.17) is 9.47 Å². The van der Waals surface area contributed by atoms with Crippen LogP contribution >= 0.6 is 0 Å². The first-order valence-electron chi connectivity index (χ1n) is 15.9. The van der Waals surface area contributed by atoms with Crippen LogP contribution in [0.25, 0.3) is 0 Å². The molecule has 1 aliphatic rings. The van der Waals surface area contributed by atoms with Gasteiger partial charge in [0.15, 0.2) is 17.5 Å². The van der Waals surface area contributed by atoms with Crippen molar-refractivity contribution in [2.75, 3.05) is 0 Å². The minimum atomic E-state index is -4.51. The zero-order valence-corrected chi connectivity index (χ0v) is 26.2. The third-order valence-electron chi connectivity index (χ3n) is 8.50. The Kier molecular flexibility index (Phi) is 12.5. The minimum Gasteiger partial charge on any atom is -0.488 e. The van der Waals surface area contributed by atoms with E-state index in [0.29, 0.717) is 55.2 Å². The molecule has 4 rings (SSSR count). The van der Waals surface area contributed by atoms with Crippen LogP contribution in [0.3, 0.4) is 0 Å². The average molecular weight is 695 g/mol. The zero-order chi connectivity index (χ0) is 35.1. The summed E-state index contributed by atoms with van der Waals surface area (Å²) >= 11 is 0. The maximum absolute atomic E-state index is 15.0. The van der Waals surface area contributed by atoms with Gasteiger partial charge in [-0.3, -0.25) is 0 Å². The van der Waals surface area contributed by atoms with Crippen molar-refractivity contribution in [3.63, 3.8) is 0 Å². The fourth-order valence-corrected chi connectivity index (χ4v) is 5.79. The quantitative estimate of drug-likeness (QED) is 0.0849. The van der Waals surface area contributed by atoms with Crippen LogP contribution in [0.1, 0.15) is 88.7 Å². The molecule has 0 spiro atoms. The molecule has 0 unspecified atom stereocenters. The van der Waals surface area contributed by atoms with Gasteiger partial charge in [-0.15, -0.1) is 0 Å². The summed E-state index contributed by atoms with van der Waals surface area (Å²) in [6.07, 6.45) is 1.34. The molecular formula is C35H36F10O3. The summed E-state index contributed by atoms with van der Waals surface area (Å²) in [5.74, 6) is -12.8. The second-order valence-corrected chi connectivity index (χ2v) is 12.1. The number of hydrogen-bond acceptors (Lipinski definition) is 3. The number of rotatable bonds is 16. The molecule has 0 radical (unpaired) electrons. The smallest absolute Gasteiger partial charge is 0.429 e. The van der Waals surface area contributed by atoms with E-state index in [9.17, 15) is 43.9 Å². The van der Waals surface area contributed by atoms with Crippen LogP contribution in [0.15, 0.2) is 42.5 Å². The van der Waals surface area contributed by atoms with Crippen molar-refractivity contribution in [1.29, 1.82) is 0 Å². The Labute approximate surface area is 272 Å². The van der Waals surface area contributed by atoms with Gasteiger partial charge in [0, 0.05) is 30.3 Å². The van der Waals surface area contributed by atoms with Gasteiger partial charge < -0.3 is 14.2 Å². The van der Waals surface area contributed by atoms with Gasteiger partial charge in [-0.05, 0) is 43.7 Å². The first-order chi connectivity index (χ1) is 22.7. The van der Waals surface area contributed by atoms with E-state index in [1.807, 2.05) is 0 Å². The standard InChI is InChI=1S/C35H36F10O3/c1-2-3-4-5-6-7-8-21-9-11-22(12-10-21)34(42,43)47-23-13-14-27(30(38)15-23)35(44,45)48-25-18-28(36)26(29(37)19-25)20-46-24-16-31(39)33(41)32(40)17-24/h13-19,21-22H,2-12,20H2,1H3. The summed E-state index contributed by atoms with van der Waals surface area (Å²) < 4.78 is 157. The molecule has 3 nitrogen and oxygen atoms in total. The minimum absolute atomic E-state index is 0.210. The number of halogens is 10. The summed E-state index contributed by atoms with van der Waals surface area (Å²) in [6, 6.07) is 3.07. The summed E-state index contributed by atoms with van der Waals surface area (Å²) in [5, 5.41) is 0. The fraction of sp³-hybridized carbons (Fsp3) is 0.486. The normalized spacial score (nSPS) is 17.0. The van der Waals surface area contributed by atoms with Crippen LogP contribution in [0, 0.1) is 46.7 Å². The molecule has 0 atom stereocenters. The molecule has 3 aromatic carbocycles. The molecule has 0 heterocycles. The van der Waals surface area contributed by atoms with E-state index in [-0.39, 0.29) is 12.8 Å². The lowest BCUT2D eigenvalue weighted by Gasteiger charge is -2.33. The van der Waals surface area contributed by atoms with E-state index in [0.717, 1.165) is 31.7 Å². The van der Waals surface area contributed by atoms with Crippen LogP contribution in [-0.4, -0.2) is 6.11 Å². The summed E-state index contributed by atoms with van der Waals surface area (Å²) in [5.41, 5.74) is -2.27. The zero-order valence-electron chi connectivity index (χ0n) is 26.2. The maximum Gasteiger partial charge on any atom is 0.429 e. The van der Waals surface area contributed by atoms with E-state index >= 15 is 0 Å². The second kappa shape index (κ2) is 16.2.